The first-order valence-electron chi connectivity index (χ1n) is 11.2. The summed E-state index contributed by atoms with van der Waals surface area (Å²) in [4.78, 5) is 30.1. The second-order valence-corrected chi connectivity index (χ2v) is 8.00. The van der Waals surface area contributed by atoms with E-state index in [1.807, 2.05) is 38.1 Å². The molecule has 3 aromatic rings. The number of rotatable bonds is 7. The lowest BCUT2D eigenvalue weighted by molar-refractivity contribution is 0.0492. The van der Waals surface area contributed by atoms with E-state index >= 15 is 0 Å². The summed E-state index contributed by atoms with van der Waals surface area (Å²) in [5.74, 6) is -0.225. The molecule has 1 aliphatic heterocycles. The number of aromatic nitrogens is 1. The number of nitrogens with one attached hydrogen (secondary N) is 1. The van der Waals surface area contributed by atoms with E-state index in [0.717, 1.165) is 10.6 Å². The first-order chi connectivity index (χ1) is 16.9. The minimum absolute atomic E-state index is 0.0652. The monoisotopic (exact) mass is 474 g/mol. The number of aromatic hydroxyl groups is 1. The average Bonchev–Trinajstić information content (AvgIpc) is 2.88. The molecule has 35 heavy (non-hydrogen) atoms. The van der Waals surface area contributed by atoms with Gasteiger partial charge in [-0.1, -0.05) is 42.8 Å². The van der Waals surface area contributed by atoms with Crippen LogP contribution < -0.4 is 10.1 Å². The van der Waals surface area contributed by atoms with Crippen molar-refractivity contribution in [2.45, 2.75) is 32.5 Å². The molecule has 2 N–H and O–H groups in total. The minimum Gasteiger partial charge on any atom is -0.504 e. The van der Waals surface area contributed by atoms with Gasteiger partial charge in [0.25, 0.3) is 5.91 Å². The molecule has 0 saturated carbocycles. The highest BCUT2D eigenvalue weighted by Crippen LogP contribution is 2.31. The molecule has 0 bridgehead atoms. The molecule has 180 valence electrons. The summed E-state index contributed by atoms with van der Waals surface area (Å²) in [5.41, 5.74) is 2.85. The Morgan fingerprint density at radius 2 is 1.97 bits per heavy atom. The highest BCUT2D eigenvalue weighted by atomic mass is 16.6. The number of hydrogen-bond donors (Lipinski definition) is 2. The van der Waals surface area contributed by atoms with Crippen LogP contribution in [-0.2, 0) is 4.74 Å². The molecule has 9 nitrogen and oxygen atoms in total. The number of amides is 2. The minimum atomic E-state index is -0.961. The lowest BCUT2D eigenvalue weighted by atomic mass is 10.0. The maximum atomic E-state index is 13.1. The lowest BCUT2D eigenvalue weighted by Crippen LogP contribution is -2.48. The number of carbonyl (C=O) groups excluding carboxylic acids is 2. The normalized spacial score (nSPS) is 16.2. The van der Waals surface area contributed by atoms with Crippen molar-refractivity contribution in [1.82, 2.24) is 15.3 Å². The number of cyclic esters (lactones) is 1. The molecule has 0 radical (unpaired) electrons. The van der Waals surface area contributed by atoms with Crippen molar-refractivity contribution in [3.05, 3.63) is 89.2 Å². The van der Waals surface area contributed by atoms with Gasteiger partial charge in [0.05, 0.1) is 7.11 Å². The molecule has 9 heteroatoms. The third kappa shape index (κ3) is 5.08. The number of phenols is 1. The number of methoxy groups -OCH3 is 1. The van der Waals surface area contributed by atoms with Crippen molar-refractivity contribution in [2.24, 2.45) is 5.10 Å². The van der Waals surface area contributed by atoms with Gasteiger partial charge in [-0.15, -0.1) is 0 Å². The standard InChI is InChI=1S/C26H26N4O5/c1-4-21-23(18-12-13-22(34-3)20(31)15-18)29-30(26(33)35-21)24(17-10-8-16(2)9-11-17)28-25(32)19-7-5-6-14-27-19/h5-15,21,24,31H,4H2,1-3H3,(H,28,32). The Bertz CT molecular complexity index is 1240. The zero-order valence-electron chi connectivity index (χ0n) is 19.6. The molecular weight excluding hydrogens is 448 g/mol. The number of pyridine rings is 1. The summed E-state index contributed by atoms with van der Waals surface area (Å²) in [7, 11) is 1.46. The molecule has 0 saturated heterocycles. The number of nitrogens with zero attached hydrogens (tertiary/aromatic N) is 3. The van der Waals surface area contributed by atoms with Gasteiger partial charge in [-0.25, -0.2) is 4.79 Å². The molecule has 2 heterocycles. The molecule has 1 aliphatic rings. The van der Waals surface area contributed by atoms with Crippen molar-refractivity contribution in [3.63, 3.8) is 0 Å². The van der Waals surface area contributed by atoms with Gasteiger partial charge in [0.2, 0.25) is 0 Å². The van der Waals surface area contributed by atoms with Gasteiger partial charge in [0, 0.05) is 11.8 Å². The zero-order chi connectivity index (χ0) is 24.9. The topological polar surface area (TPSA) is 113 Å². The van der Waals surface area contributed by atoms with Crippen LogP contribution in [0.25, 0.3) is 0 Å². The Hall–Kier alpha value is -4.40. The Morgan fingerprint density at radius 1 is 1.20 bits per heavy atom. The van der Waals surface area contributed by atoms with Crippen LogP contribution in [0.4, 0.5) is 4.79 Å². The molecule has 2 amide bonds. The van der Waals surface area contributed by atoms with Crippen molar-refractivity contribution < 1.29 is 24.2 Å². The van der Waals surface area contributed by atoms with E-state index in [0.29, 0.717) is 29.0 Å². The Labute approximate surface area is 203 Å². The predicted molar refractivity (Wildman–Crippen MR) is 129 cm³/mol. The maximum absolute atomic E-state index is 13.1. The Balaban J connectivity index is 1.77. The zero-order valence-corrected chi connectivity index (χ0v) is 19.6. The number of hydrogen-bond acceptors (Lipinski definition) is 7. The van der Waals surface area contributed by atoms with Crippen LogP contribution in [0.5, 0.6) is 11.5 Å². The van der Waals surface area contributed by atoms with Crippen molar-refractivity contribution in [3.8, 4) is 11.5 Å². The average molecular weight is 475 g/mol. The van der Waals surface area contributed by atoms with E-state index in [-0.39, 0.29) is 11.4 Å². The number of carbonyl (C=O) groups is 2. The van der Waals surface area contributed by atoms with Crippen LogP contribution >= 0.6 is 0 Å². The third-order valence-electron chi connectivity index (χ3n) is 5.60. The van der Waals surface area contributed by atoms with E-state index in [2.05, 4.69) is 15.4 Å². The first-order valence-corrected chi connectivity index (χ1v) is 11.2. The number of aryl methyl sites for hydroxylation is 1. The largest absolute Gasteiger partial charge is 0.504 e. The number of ether oxygens (including phenoxy) is 2. The molecule has 0 aliphatic carbocycles. The molecule has 0 spiro atoms. The van der Waals surface area contributed by atoms with Crippen molar-refractivity contribution in [1.29, 1.82) is 0 Å². The van der Waals surface area contributed by atoms with Gasteiger partial charge in [-0.2, -0.15) is 10.1 Å². The first kappa shape index (κ1) is 23.7. The smallest absolute Gasteiger partial charge is 0.433 e. The molecule has 0 fully saturated rings. The highest BCUT2D eigenvalue weighted by molar-refractivity contribution is 6.06. The van der Waals surface area contributed by atoms with Crippen LogP contribution in [-0.4, -0.2) is 46.0 Å². The molecular formula is C26H26N4O5. The fraction of sp³-hybridized carbons (Fsp3) is 0.231. The SMILES string of the molecule is CCC1OC(=O)N(C(NC(=O)c2ccccn2)c2ccc(C)cc2)N=C1c1ccc(OC)c(O)c1. The van der Waals surface area contributed by atoms with E-state index in [1.165, 1.54) is 19.4 Å². The van der Waals surface area contributed by atoms with Gasteiger partial charge < -0.3 is 19.9 Å². The van der Waals surface area contributed by atoms with Crippen molar-refractivity contribution in [2.75, 3.05) is 7.11 Å². The third-order valence-corrected chi connectivity index (χ3v) is 5.60. The van der Waals surface area contributed by atoms with Crippen LogP contribution in [0.3, 0.4) is 0 Å². The maximum Gasteiger partial charge on any atom is 0.433 e. The van der Waals surface area contributed by atoms with Gasteiger partial charge >= 0.3 is 6.09 Å². The summed E-state index contributed by atoms with van der Waals surface area (Å²) in [6.07, 6.45) is -0.302. The number of benzene rings is 2. The van der Waals surface area contributed by atoms with Gasteiger partial charge in [-0.3, -0.25) is 9.78 Å². The summed E-state index contributed by atoms with van der Waals surface area (Å²) < 4.78 is 10.8. The second kappa shape index (κ2) is 10.3. The number of phenolic OH excluding ortho intramolecular Hbond substituents is 1. The van der Waals surface area contributed by atoms with E-state index in [9.17, 15) is 14.7 Å². The fourth-order valence-corrected chi connectivity index (χ4v) is 3.72. The quantitative estimate of drug-likeness (QED) is 0.531. The summed E-state index contributed by atoms with van der Waals surface area (Å²) >= 11 is 0. The van der Waals surface area contributed by atoms with E-state index in [4.69, 9.17) is 9.47 Å². The highest BCUT2D eigenvalue weighted by Gasteiger charge is 2.36. The van der Waals surface area contributed by atoms with E-state index in [1.54, 1.807) is 30.3 Å². The molecule has 2 aromatic carbocycles. The predicted octanol–water partition coefficient (Wildman–Crippen LogP) is 4.17. The second-order valence-electron chi connectivity index (χ2n) is 8.00. The van der Waals surface area contributed by atoms with Crippen LogP contribution in [0.1, 0.15) is 46.7 Å². The van der Waals surface area contributed by atoms with Crippen LogP contribution in [0.2, 0.25) is 0 Å². The summed E-state index contributed by atoms with van der Waals surface area (Å²) in [6, 6.07) is 17.2. The van der Waals surface area contributed by atoms with Crippen LogP contribution in [0, 0.1) is 6.92 Å². The lowest BCUT2D eigenvalue weighted by Gasteiger charge is -2.34. The molecule has 1 aromatic heterocycles. The summed E-state index contributed by atoms with van der Waals surface area (Å²) in [6.45, 7) is 3.81. The van der Waals surface area contributed by atoms with Gasteiger partial charge in [-0.05, 0) is 49.2 Å². The van der Waals surface area contributed by atoms with Crippen LogP contribution in [0.15, 0.2) is 72.0 Å². The molecule has 2 unspecified atom stereocenters. The summed E-state index contributed by atoms with van der Waals surface area (Å²) in [5, 5.41) is 18.9. The molecule has 4 rings (SSSR count). The van der Waals surface area contributed by atoms with Gasteiger partial charge in [0.15, 0.2) is 17.7 Å². The van der Waals surface area contributed by atoms with Gasteiger partial charge in [0.1, 0.15) is 17.5 Å². The van der Waals surface area contributed by atoms with E-state index < -0.39 is 24.3 Å². The Morgan fingerprint density at radius 3 is 2.60 bits per heavy atom. The Kier molecular flexibility index (Phi) is 6.96. The fourth-order valence-electron chi connectivity index (χ4n) is 3.72. The number of hydrazone groups is 1. The molecule has 2 atom stereocenters. The van der Waals surface area contributed by atoms with Crippen molar-refractivity contribution >= 4 is 17.7 Å².